The summed E-state index contributed by atoms with van der Waals surface area (Å²) in [5.74, 6) is 0. The SMILES string of the molecule is CCN(CC)Cc1ccccc1NCc1cnn(C)c1C. The summed E-state index contributed by atoms with van der Waals surface area (Å²) in [4.78, 5) is 2.43. The summed E-state index contributed by atoms with van der Waals surface area (Å²) in [5, 5.41) is 7.85. The van der Waals surface area contributed by atoms with E-state index in [-0.39, 0.29) is 0 Å². The van der Waals surface area contributed by atoms with Crippen molar-refractivity contribution in [1.82, 2.24) is 14.7 Å². The molecule has 0 bridgehead atoms. The van der Waals surface area contributed by atoms with Gasteiger partial charge in [0.05, 0.1) is 6.20 Å². The van der Waals surface area contributed by atoms with Gasteiger partial charge in [0.15, 0.2) is 0 Å². The number of aromatic nitrogens is 2. The maximum atomic E-state index is 4.29. The highest BCUT2D eigenvalue weighted by molar-refractivity contribution is 5.51. The Hall–Kier alpha value is -1.81. The fraction of sp³-hybridized carbons (Fsp3) is 0.471. The van der Waals surface area contributed by atoms with Crippen molar-refractivity contribution in [2.24, 2.45) is 7.05 Å². The van der Waals surface area contributed by atoms with Crippen LogP contribution in [0.5, 0.6) is 0 Å². The second-order valence-electron chi connectivity index (χ2n) is 5.35. The van der Waals surface area contributed by atoms with E-state index in [4.69, 9.17) is 0 Å². The van der Waals surface area contributed by atoms with Gasteiger partial charge in [0, 0.05) is 37.1 Å². The van der Waals surface area contributed by atoms with Crippen LogP contribution in [0.15, 0.2) is 30.5 Å². The molecule has 2 aromatic rings. The normalized spacial score (nSPS) is 11.1. The standard InChI is InChI=1S/C17H26N4/c1-5-21(6-2)13-15-9-7-8-10-17(15)18-11-16-12-19-20(4)14(16)3/h7-10,12,18H,5-6,11,13H2,1-4H3. The van der Waals surface area contributed by atoms with Gasteiger partial charge in [0.1, 0.15) is 0 Å². The van der Waals surface area contributed by atoms with Crippen LogP contribution in [0.3, 0.4) is 0 Å². The molecular formula is C17H26N4. The van der Waals surface area contributed by atoms with Gasteiger partial charge < -0.3 is 5.32 Å². The van der Waals surface area contributed by atoms with E-state index >= 15 is 0 Å². The molecule has 0 spiro atoms. The van der Waals surface area contributed by atoms with E-state index in [0.29, 0.717) is 0 Å². The largest absolute Gasteiger partial charge is 0.381 e. The molecular weight excluding hydrogens is 260 g/mol. The second kappa shape index (κ2) is 7.27. The minimum Gasteiger partial charge on any atom is -0.381 e. The number of hydrogen-bond acceptors (Lipinski definition) is 3. The highest BCUT2D eigenvalue weighted by Gasteiger charge is 2.07. The molecule has 2 rings (SSSR count). The Bertz CT molecular complexity index is 570. The molecule has 0 saturated carbocycles. The van der Waals surface area contributed by atoms with Crippen LogP contribution in [0.25, 0.3) is 0 Å². The van der Waals surface area contributed by atoms with Gasteiger partial charge in [-0.15, -0.1) is 0 Å². The summed E-state index contributed by atoms with van der Waals surface area (Å²) in [6.45, 7) is 10.5. The maximum Gasteiger partial charge on any atom is 0.0542 e. The number of nitrogens with zero attached hydrogens (tertiary/aromatic N) is 3. The average Bonchev–Trinajstić information content (AvgIpc) is 2.83. The molecule has 4 heteroatoms. The zero-order chi connectivity index (χ0) is 15.2. The molecule has 1 N–H and O–H groups in total. The van der Waals surface area contributed by atoms with E-state index in [1.807, 2.05) is 17.9 Å². The van der Waals surface area contributed by atoms with E-state index in [2.05, 4.69) is 60.4 Å². The van der Waals surface area contributed by atoms with Crippen LogP contribution in [0.2, 0.25) is 0 Å². The highest BCUT2D eigenvalue weighted by Crippen LogP contribution is 2.18. The van der Waals surface area contributed by atoms with Crippen LogP contribution in [-0.2, 0) is 20.1 Å². The second-order valence-corrected chi connectivity index (χ2v) is 5.35. The first-order chi connectivity index (χ1) is 10.2. The molecule has 21 heavy (non-hydrogen) atoms. The summed E-state index contributed by atoms with van der Waals surface area (Å²) in [6, 6.07) is 8.56. The van der Waals surface area contributed by atoms with Gasteiger partial charge in [-0.2, -0.15) is 5.10 Å². The van der Waals surface area contributed by atoms with Gasteiger partial charge in [-0.25, -0.2) is 0 Å². The molecule has 1 aromatic carbocycles. The predicted octanol–water partition coefficient (Wildman–Crippen LogP) is 3.18. The van der Waals surface area contributed by atoms with Crippen molar-refractivity contribution < 1.29 is 0 Å². The fourth-order valence-electron chi connectivity index (χ4n) is 2.43. The molecule has 0 atom stereocenters. The fourth-order valence-corrected chi connectivity index (χ4v) is 2.43. The Morgan fingerprint density at radius 2 is 1.86 bits per heavy atom. The molecule has 0 fully saturated rings. The zero-order valence-corrected chi connectivity index (χ0v) is 13.6. The van der Waals surface area contributed by atoms with Crippen molar-refractivity contribution in [3.05, 3.63) is 47.3 Å². The monoisotopic (exact) mass is 286 g/mol. The molecule has 0 aliphatic rings. The summed E-state index contributed by atoms with van der Waals surface area (Å²) in [5.41, 5.74) is 5.02. The molecule has 1 heterocycles. The summed E-state index contributed by atoms with van der Waals surface area (Å²) >= 11 is 0. The lowest BCUT2D eigenvalue weighted by molar-refractivity contribution is 0.296. The van der Waals surface area contributed by atoms with Crippen molar-refractivity contribution in [1.29, 1.82) is 0 Å². The van der Waals surface area contributed by atoms with Crippen molar-refractivity contribution in [3.63, 3.8) is 0 Å². The number of benzene rings is 1. The van der Waals surface area contributed by atoms with Gasteiger partial charge in [-0.05, 0) is 31.6 Å². The molecule has 114 valence electrons. The Morgan fingerprint density at radius 3 is 2.48 bits per heavy atom. The van der Waals surface area contributed by atoms with Crippen molar-refractivity contribution in [2.45, 2.75) is 33.9 Å². The lowest BCUT2D eigenvalue weighted by Gasteiger charge is -2.20. The average molecular weight is 286 g/mol. The van der Waals surface area contributed by atoms with E-state index in [9.17, 15) is 0 Å². The third-order valence-electron chi connectivity index (χ3n) is 4.11. The van der Waals surface area contributed by atoms with Crippen LogP contribution in [0.1, 0.15) is 30.7 Å². The van der Waals surface area contributed by atoms with E-state index in [0.717, 1.165) is 26.2 Å². The molecule has 4 nitrogen and oxygen atoms in total. The van der Waals surface area contributed by atoms with E-state index in [1.165, 1.54) is 22.5 Å². The first kappa shape index (κ1) is 15.6. The summed E-state index contributed by atoms with van der Waals surface area (Å²) in [7, 11) is 1.98. The molecule has 0 unspecified atom stereocenters. The van der Waals surface area contributed by atoms with E-state index in [1.54, 1.807) is 0 Å². The Morgan fingerprint density at radius 1 is 1.14 bits per heavy atom. The number of hydrogen-bond donors (Lipinski definition) is 1. The highest BCUT2D eigenvalue weighted by atomic mass is 15.3. The Kier molecular flexibility index (Phi) is 5.39. The Balaban J connectivity index is 2.08. The van der Waals surface area contributed by atoms with Gasteiger partial charge in [-0.1, -0.05) is 32.0 Å². The first-order valence-corrected chi connectivity index (χ1v) is 7.67. The van der Waals surface area contributed by atoms with Crippen LogP contribution < -0.4 is 5.32 Å². The van der Waals surface area contributed by atoms with Gasteiger partial charge in [-0.3, -0.25) is 9.58 Å². The van der Waals surface area contributed by atoms with Gasteiger partial charge in [0.2, 0.25) is 0 Å². The smallest absolute Gasteiger partial charge is 0.0542 e. The van der Waals surface area contributed by atoms with Crippen molar-refractivity contribution in [2.75, 3.05) is 18.4 Å². The van der Waals surface area contributed by atoms with Crippen molar-refractivity contribution in [3.8, 4) is 0 Å². The Labute approximate surface area is 127 Å². The third kappa shape index (κ3) is 3.85. The molecule has 0 amide bonds. The molecule has 0 aliphatic carbocycles. The summed E-state index contributed by atoms with van der Waals surface area (Å²) < 4.78 is 1.92. The van der Waals surface area contributed by atoms with Gasteiger partial charge >= 0.3 is 0 Å². The minimum absolute atomic E-state index is 0.814. The zero-order valence-electron chi connectivity index (χ0n) is 13.6. The molecule has 1 aromatic heterocycles. The summed E-state index contributed by atoms with van der Waals surface area (Å²) in [6.07, 6.45) is 1.94. The maximum absolute atomic E-state index is 4.29. The quantitative estimate of drug-likeness (QED) is 0.848. The van der Waals surface area contributed by atoms with E-state index < -0.39 is 0 Å². The van der Waals surface area contributed by atoms with Crippen LogP contribution in [-0.4, -0.2) is 27.8 Å². The third-order valence-corrected chi connectivity index (χ3v) is 4.11. The van der Waals surface area contributed by atoms with Crippen molar-refractivity contribution >= 4 is 5.69 Å². The number of para-hydroxylation sites is 1. The van der Waals surface area contributed by atoms with Gasteiger partial charge in [0.25, 0.3) is 0 Å². The topological polar surface area (TPSA) is 33.1 Å². The number of anilines is 1. The lowest BCUT2D eigenvalue weighted by atomic mass is 10.1. The van der Waals surface area contributed by atoms with Crippen LogP contribution >= 0.6 is 0 Å². The van der Waals surface area contributed by atoms with Crippen LogP contribution in [0, 0.1) is 6.92 Å². The molecule has 0 saturated heterocycles. The number of aryl methyl sites for hydroxylation is 1. The minimum atomic E-state index is 0.814. The lowest BCUT2D eigenvalue weighted by Crippen LogP contribution is -2.22. The first-order valence-electron chi connectivity index (χ1n) is 7.67. The number of rotatable bonds is 7. The predicted molar refractivity (Wildman–Crippen MR) is 88.3 cm³/mol. The molecule has 0 radical (unpaired) electrons. The van der Waals surface area contributed by atoms with Crippen LogP contribution in [0.4, 0.5) is 5.69 Å². The molecule has 0 aliphatic heterocycles. The number of nitrogens with one attached hydrogen (secondary N) is 1.